The van der Waals surface area contributed by atoms with E-state index in [9.17, 15) is 9.59 Å². The van der Waals surface area contributed by atoms with Crippen molar-refractivity contribution < 1.29 is 9.59 Å². The molecule has 2 N–H and O–H groups in total. The van der Waals surface area contributed by atoms with Crippen molar-refractivity contribution in [2.45, 2.75) is 26.3 Å². The number of hydrogen-bond donors (Lipinski definition) is 2. The molecule has 0 radical (unpaired) electrons. The number of carbonyl (C=O) groups is 2. The first kappa shape index (κ1) is 21.2. The van der Waals surface area contributed by atoms with Crippen molar-refractivity contribution in [3.05, 3.63) is 84.8 Å². The van der Waals surface area contributed by atoms with Crippen LogP contribution in [0.2, 0.25) is 0 Å². The van der Waals surface area contributed by atoms with Crippen molar-refractivity contribution in [2.75, 3.05) is 5.32 Å². The fourth-order valence-electron chi connectivity index (χ4n) is 3.50. The van der Waals surface area contributed by atoms with E-state index in [0.29, 0.717) is 17.9 Å². The molecule has 7 nitrogen and oxygen atoms in total. The second-order valence-corrected chi connectivity index (χ2v) is 8.01. The van der Waals surface area contributed by atoms with Gasteiger partial charge in [-0.3, -0.25) is 14.2 Å². The normalized spacial score (nSPS) is 12.0. The summed E-state index contributed by atoms with van der Waals surface area (Å²) in [5, 5.41) is 5.72. The van der Waals surface area contributed by atoms with Crippen LogP contribution in [0.1, 0.15) is 31.9 Å². The summed E-state index contributed by atoms with van der Waals surface area (Å²) < 4.78 is 1.89. The highest BCUT2D eigenvalue weighted by Crippen LogP contribution is 2.20. The minimum Gasteiger partial charge on any atom is -0.341 e. The van der Waals surface area contributed by atoms with Crippen LogP contribution in [0, 0.1) is 5.92 Å². The Balaban J connectivity index is 1.52. The van der Waals surface area contributed by atoms with Gasteiger partial charge in [0.05, 0.1) is 22.9 Å². The van der Waals surface area contributed by atoms with E-state index < -0.39 is 6.04 Å². The van der Waals surface area contributed by atoms with E-state index in [1.807, 2.05) is 79.1 Å². The summed E-state index contributed by atoms with van der Waals surface area (Å²) in [5.74, 6) is 0.410. The third kappa shape index (κ3) is 4.83. The Morgan fingerprint density at radius 1 is 0.938 bits per heavy atom. The molecule has 2 heterocycles. The Morgan fingerprint density at radius 2 is 1.69 bits per heavy atom. The summed E-state index contributed by atoms with van der Waals surface area (Å²) >= 11 is 0. The molecular weight excluding hydrogens is 402 g/mol. The summed E-state index contributed by atoms with van der Waals surface area (Å²) in [4.78, 5) is 34.3. The zero-order valence-corrected chi connectivity index (χ0v) is 18.0. The maximum absolute atomic E-state index is 13.1. The molecule has 7 heteroatoms. The molecule has 0 saturated heterocycles. The third-order valence-corrected chi connectivity index (χ3v) is 5.01. The maximum Gasteiger partial charge on any atom is 0.251 e. The quantitative estimate of drug-likeness (QED) is 0.461. The van der Waals surface area contributed by atoms with E-state index >= 15 is 0 Å². The molecular formula is C25H25N5O2. The fourth-order valence-corrected chi connectivity index (χ4v) is 3.50. The van der Waals surface area contributed by atoms with Gasteiger partial charge in [-0.05, 0) is 35.7 Å². The van der Waals surface area contributed by atoms with Gasteiger partial charge in [0, 0.05) is 6.42 Å². The third-order valence-electron chi connectivity index (χ3n) is 5.01. The number of fused-ring (bicyclic) bond motifs is 1. The first-order chi connectivity index (χ1) is 15.5. The Bertz CT molecular complexity index is 1220. The van der Waals surface area contributed by atoms with Crippen molar-refractivity contribution in [3.8, 4) is 5.82 Å². The number of rotatable bonds is 7. The fraction of sp³-hybridized carbons (Fsp3) is 0.200. The van der Waals surface area contributed by atoms with Crippen LogP contribution >= 0.6 is 0 Å². The van der Waals surface area contributed by atoms with Gasteiger partial charge in [0.25, 0.3) is 5.91 Å². The monoisotopic (exact) mass is 427 g/mol. The molecule has 4 aromatic rings. The predicted octanol–water partition coefficient (Wildman–Crippen LogP) is 4.26. The zero-order chi connectivity index (χ0) is 22.5. The number of para-hydroxylation sites is 2. The van der Waals surface area contributed by atoms with Crippen LogP contribution in [0.3, 0.4) is 0 Å². The van der Waals surface area contributed by atoms with Crippen molar-refractivity contribution in [1.82, 2.24) is 19.9 Å². The summed E-state index contributed by atoms with van der Waals surface area (Å²) in [6.45, 7) is 3.93. The van der Waals surface area contributed by atoms with Crippen molar-refractivity contribution in [2.24, 2.45) is 5.92 Å². The first-order valence-electron chi connectivity index (χ1n) is 10.5. The molecule has 0 bridgehead atoms. The summed E-state index contributed by atoms with van der Waals surface area (Å²) in [7, 11) is 0. The molecule has 162 valence electrons. The molecule has 0 saturated carbocycles. The number of anilines is 1. The van der Waals surface area contributed by atoms with Crippen molar-refractivity contribution >= 4 is 28.5 Å². The number of nitrogens with one attached hydrogen (secondary N) is 2. The number of hydrogen-bond acceptors (Lipinski definition) is 4. The van der Waals surface area contributed by atoms with E-state index in [2.05, 4.69) is 20.6 Å². The lowest BCUT2D eigenvalue weighted by Crippen LogP contribution is -2.37. The van der Waals surface area contributed by atoms with Gasteiger partial charge in [-0.25, -0.2) is 9.97 Å². The average molecular weight is 428 g/mol. The van der Waals surface area contributed by atoms with Crippen LogP contribution in [-0.2, 0) is 9.59 Å². The zero-order valence-electron chi connectivity index (χ0n) is 18.0. The lowest BCUT2D eigenvalue weighted by molar-refractivity contribution is -0.127. The minimum absolute atomic E-state index is 0.163. The minimum atomic E-state index is -0.792. The first-order valence-corrected chi connectivity index (χ1v) is 10.5. The molecule has 0 aliphatic carbocycles. The lowest BCUT2D eigenvalue weighted by Gasteiger charge is -2.19. The van der Waals surface area contributed by atoms with Gasteiger partial charge < -0.3 is 10.6 Å². The predicted molar refractivity (Wildman–Crippen MR) is 124 cm³/mol. The summed E-state index contributed by atoms with van der Waals surface area (Å²) in [6, 6.07) is 19.8. The van der Waals surface area contributed by atoms with Crippen LogP contribution in [0.15, 0.2) is 79.3 Å². The standard InChI is InChI=1S/C25H25N5O2/c1-17(2)14-23(31)29-24(18-8-4-3-5-9-18)25(32)28-19-12-13-22(26-15-19)30-16-27-20-10-6-7-11-21(20)30/h3-13,15-17,24H,14H2,1-2H3,(H,28,32)(H,29,31). The van der Waals surface area contributed by atoms with Gasteiger partial charge in [0.1, 0.15) is 18.2 Å². The Hall–Kier alpha value is -4.00. The number of nitrogens with zero attached hydrogens (tertiary/aromatic N) is 3. The number of imidazole rings is 1. The van der Waals surface area contributed by atoms with Gasteiger partial charge in [-0.2, -0.15) is 0 Å². The number of pyridine rings is 1. The second-order valence-electron chi connectivity index (χ2n) is 8.01. The summed E-state index contributed by atoms with van der Waals surface area (Å²) in [5.41, 5.74) is 3.10. The van der Waals surface area contributed by atoms with Crippen molar-refractivity contribution in [1.29, 1.82) is 0 Å². The molecule has 32 heavy (non-hydrogen) atoms. The number of benzene rings is 2. The average Bonchev–Trinajstić information content (AvgIpc) is 3.22. The van der Waals surface area contributed by atoms with Gasteiger partial charge in [-0.1, -0.05) is 56.3 Å². The molecule has 0 aliphatic rings. The van der Waals surface area contributed by atoms with E-state index in [0.717, 1.165) is 16.6 Å². The van der Waals surface area contributed by atoms with Crippen molar-refractivity contribution in [3.63, 3.8) is 0 Å². The van der Waals surface area contributed by atoms with Gasteiger partial charge in [-0.15, -0.1) is 0 Å². The number of aromatic nitrogens is 3. The maximum atomic E-state index is 13.1. The topological polar surface area (TPSA) is 88.9 Å². The van der Waals surface area contributed by atoms with Crippen LogP contribution in [0.25, 0.3) is 16.9 Å². The molecule has 1 unspecified atom stereocenters. The van der Waals surface area contributed by atoms with E-state index in [1.54, 1.807) is 18.6 Å². The van der Waals surface area contributed by atoms with Gasteiger partial charge >= 0.3 is 0 Å². The Labute approximate surface area is 186 Å². The molecule has 2 amide bonds. The largest absolute Gasteiger partial charge is 0.341 e. The van der Waals surface area contributed by atoms with Crippen LogP contribution in [-0.4, -0.2) is 26.3 Å². The summed E-state index contributed by atoms with van der Waals surface area (Å²) in [6.07, 6.45) is 3.67. The van der Waals surface area contributed by atoms with E-state index in [1.165, 1.54) is 0 Å². The van der Waals surface area contributed by atoms with E-state index in [-0.39, 0.29) is 17.7 Å². The molecule has 0 spiro atoms. The molecule has 1 atom stereocenters. The second kappa shape index (κ2) is 9.43. The van der Waals surface area contributed by atoms with Gasteiger partial charge in [0.15, 0.2) is 0 Å². The van der Waals surface area contributed by atoms with Crippen LogP contribution in [0.4, 0.5) is 5.69 Å². The molecule has 0 fully saturated rings. The lowest BCUT2D eigenvalue weighted by atomic mass is 10.0. The molecule has 4 rings (SSSR count). The molecule has 2 aromatic carbocycles. The Morgan fingerprint density at radius 3 is 2.41 bits per heavy atom. The highest BCUT2D eigenvalue weighted by molar-refractivity contribution is 5.97. The highest BCUT2D eigenvalue weighted by atomic mass is 16.2. The molecule has 0 aliphatic heterocycles. The number of amides is 2. The Kier molecular flexibility index (Phi) is 6.26. The molecule has 2 aromatic heterocycles. The SMILES string of the molecule is CC(C)CC(=O)NC(C(=O)Nc1ccc(-n2cnc3ccccc32)nc1)c1ccccc1. The van der Waals surface area contributed by atoms with Crippen LogP contribution in [0.5, 0.6) is 0 Å². The highest BCUT2D eigenvalue weighted by Gasteiger charge is 2.23. The van der Waals surface area contributed by atoms with Crippen LogP contribution < -0.4 is 10.6 Å². The van der Waals surface area contributed by atoms with Gasteiger partial charge in [0.2, 0.25) is 5.91 Å². The van der Waals surface area contributed by atoms with E-state index in [4.69, 9.17) is 0 Å². The smallest absolute Gasteiger partial charge is 0.251 e. The number of carbonyl (C=O) groups excluding carboxylic acids is 2.